The molecular formula is C20H18FN3O2S. The molecule has 7 heteroatoms. The summed E-state index contributed by atoms with van der Waals surface area (Å²) < 4.78 is 14.0. The van der Waals surface area contributed by atoms with E-state index in [4.69, 9.17) is 0 Å². The number of benzene rings is 2. The number of likely N-dealkylation sites (tertiary alicyclic amines) is 1. The molecule has 1 aliphatic heterocycles. The molecule has 1 atom stereocenters. The second-order valence-electron chi connectivity index (χ2n) is 6.63. The molecule has 0 bridgehead atoms. The zero-order valence-corrected chi connectivity index (χ0v) is 15.3. The summed E-state index contributed by atoms with van der Waals surface area (Å²) in [6.07, 6.45) is 0.960. The standard InChI is InChI=1S/C20H18FN3O2S/c21-15-4-1-13(2-5-15)7-8-24-11-16(10-19(24)25)23-20(26)14-3-6-18-17(9-14)22-12-27-18/h1-6,9,12,16H,7-8,10-11H2,(H,23,26)/t16-/m1/s1. The zero-order chi connectivity index (χ0) is 18.8. The van der Waals surface area contributed by atoms with Crippen molar-refractivity contribution in [3.63, 3.8) is 0 Å². The van der Waals surface area contributed by atoms with Crippen LogP contribution >= 0.6 is 11.3 Å². The van der Waals surface area contributed by atoms with Gasteiger partial charge >= 0.3 is 0 Å². The molecule has 1 fully saturated rings. The number of nitrogens with zero attached hydrogens (tertiary/aromatic N) is 2. The highest BCUT2D eigenvalue weighted by Gasteiger charge is 2.30. The van der Waals surface area contributed by atoms with Gasteiger partial charge in [0.25, 0.3) is 5.91 Å². The van der Waals surface area contributed by atoms with E-state index in [1.165, 1.54) is 23.5 Å². The molecule has 1 saturated heterocycles. The average Bonchev–Trinajstić information content (AvgIpc) is 3.26. The number of thiazole rings is 1. The van der Waals surface area contributed by atoms with Gasteiger partial charge in [-0.2, -0.15) is 0 Å². The van der Waals surface area contributed by atoms with E-state index in [1.807, 2.05) is 6.07 Å². The van der Waals surface area contributed by atoms with Gasteiger partial charge in [-0.15, -0.1) is 11.3 Å². The number of hydrogen-bond donors (Lipinski definition) is 1. The molecule has 4 rings (SSSR count). The number of carbonyl (C=O) groups excluding carboxylic acids is 2. The molecule has 2 heterocycles. The summed E-state index contributed by atoms with van der Waals surface area (Å²) in [4.78, 5) is 30.7. The molecule has 0 saturated carbocycles. The fourth-order valence-electron chi connectivity index (χ4n) is 3.27. The van der Waals surface area contributed by atoms with E-state index in [1.54, 1.807) is 34.7 Å². The van der Waals surface area contributed by atoms with Crippen molar-refractivity contribution >= 4 is 33.4 Å². The molecule has 2 aromatic carbocycles. The van der Waals surface area contributed by atoms with Gasteiger partial charge in [0.1, 0.15) is 5.82 Å². The van der Waals surface area contributed by atoms with Gasteiger partial charge in [0.2, 0.25) is 5.91 Å². The van der Waals surface area contributed by atoms with Crippen LogP contribution in [0.25, 0.3) is 10.2 Å². The first kappa shape index (κ1) is 17.6. The normalized spacial score (nSPS) is 16.9. The highest BCUT2D eigenvalue weighted by Crippen LogP contribution is 2.19. The summed E-state index contributed by atoms with van der Waals surface area (Å²) in [5, 5.41) is 2.94. The van der Waals surface area contributed by atoms with E-state index in [-0.39, 0.29) is 23.7 Å². The molecule has 0 unspecified atom stereocenters. The van der Waals surface area contributed by atoms with Gasteiger partial charge in [-0.05, 0) is 42.3 Å². The first-order valence-corrected chi connectivity index (χ1v) is 9.63. The molecular weight excluding hydrogens is 365 g/mol. The number of nitrogens with one attached hydrogen (secondary N) is 1. The Kier molecular flexibility index (Phi) is 4.85. The van der Waals surface area contributed by atoms with Crippen LogP contribution in [-0.4, -0.2) is 40.8 Å². The Bertz CT molecular complexity index is 986. The Labute approximate surface area is 159 Å². The minimum absolute atomic E-state index is 0.0253. The first-order chi connectivity index (χ1) is 13.1. The summed E-state index contributed by atoms with van der Waals surface area (Å²) in [7, 11) is 0. The number of hydrogen-bond acceptors (Lipinski definition) is 4. The molecule has 1 aliphatic rings. The molecule has 0 radical (unpaired) electrons. The van der Waals surface area contributed by atoms with Crippen LogP contribution in [0.1, 0.15) is 22.3 Å². The zero-order valence-electron chi connectivity index (χ0n) is 14.5. The molecule has 0 aliphatic carbocycles. The lowest BCUT2D eigenvalue weighted by Crippen LogP contribution is -2.37. The van der Waals surface area contributed by atoms with Crippen molar-refractivity contribution in [3.05, 3.63) is 64.9 Å². The van der Waals surface area contributed by atoms with E-state index in [0.29, 0.717) is 31.5 Å². The molecule has 1 aromatic heterocycles. The van der Waals surface area contributed by atoms with Crippen molar-refractivity contribution in [1.82, 2.24) is 15.2 Å². The van der Waals surface area contributed by atoms with E-state index in [9.17, 15) is 14.0 Å². The maximum absolute atomic E-state index is 13.0. The maximum Gasteiger partial charge on any atom is 0.251 e. The summed E-state index contributed by atoms with van der Waals surface area (Å²) in [6.45, 7) is 1.05. The lowest BCUT2D eigenvalue weighted by atomic mass is 10.1. The second-order valence-corrected chi connectivity index (χ2v) is 7.51. The van der Waals surface area contributed by atoms with Crippen LogP contribution in [0.2, 0.25) is 0 Å². The molecule has 27 heavy (non-hydrogen) atoms. The van der Waals surface area contributed by atoms with Crippen LogP contribution in [0.4, 0.5) is 4.39 Å². The van der Waals surface area contributed by atoms with E-state index in [2.05, 4.69) is 10.3 Å². The largest absolute Gasteiger partial charge is 0.347 e. The third kappa shape index (κ3) is 3.98. The van der Waals surface area contributed by atoms with Gasteiger partial charge in [-0.25, -0.2) is 9.37 Å². The number of carbonyl (C=O) groups is 2. The van der Waals surface area contributed by atoms with Crippen molar-refractivity contribution in [3.8, 4) is 0 Å². The van der Waals surface area contributed by atoms with Crippen LogP contribution in [-0.2, 0) is 11.2 Å². The highest BCUT2D eigenvalue weighted by molar-refractivity contribution is 7.16. The predicted molar refractivity (Wildman–Crippen MR) is 102 cm³/mol. The van der Waals surface area contributed by atoms with Gasteiger partial charge in [0.15, 0.2) is 0 Å². The molecule has 1 N–H and O–H groups in total. The number of aromatic nitrogens is 1. The average molecular weight is 383 g/mol. The monoisotopic (exact) mass is 383 g/mol. The lowest BCUT2D eigenvalue weighted by molar-refractivity contribution is -0.127. The van der Waals surface area contributed by atoms with Gasteiger partial charge in [-0.3, -0.25) is 9.59 Å². The SMILES string of the molecule is O=C(N[C@@H]1CC(=O)N(CCc2ccc(F)cc2)C1)c1ccc2scnc2c1. The topological polar surface area (TPSA) is 62.3 Å². The number of amides is 2. The molecule has 2 amide bonds. The quantitative estimate of drug-likeness (QED) is 0.737. The predicted octanol–water partition coefficient (Wildman–Crippen LogP) is 3.01. The van der Waals surface area contributed by atoms with Crippen molar-refractivity contribution in [2.75, 3.05) is 13.1 Å². The van der Waals surface area contributed by atoms with E-state index in [0.717, 1.165) is 15.8 Å². The Morgan fingerprint density at radius 3 is 2.89 bits per heavy atom. The minimum Gasteiger partial charge on any atom is -0.347 e. The number of fused-ring (bicyclic) bond motifs is 1. The Morgan fingerprint density at radius 2 is 2.07 bits per heavy atom. The summed E-state index contributed by atoms with van der Waals surface area (Å²) >= 11 is 1.53. The van der Waals surface area contributed by atoms with Crippen LogP contribution in [0.3, 0.4) is 0 Å². The Hall–Kier alpha value is -2.80. The van der Waals surface area contributed by atoms with Gasteiger partial charge < -0.3 is 10.2 Å². The third-order valence-electron chi connectivity index (χ3n) is 4.73. The van der Waals surface area contributed by atoms with Crippen molar-refractivity contribution < 1.29 is 14.0 Å². The fraction of sp³-hybridized carbons (Fsp3) is 0.250. The van der Waals surface area contributed by atoms with E-state index >= 15 is 0 Å². The van der Waals surface area contributed by atoms with Gasteiger partial charge in [-0.1, -0.05) is 12.1 Å². The maximum atomic E-state index is 13.0. The van der Waals surface area contributed by atoms with Crippen molar-refractivity contribution in [1.29, 1.82) is 0 Å². The van der Waals surface area contributed by atoms with Crippen molar-refractivity contribution in [2.24, 2.45) is 0 Å². The molecule has 138 valence electrons. The van der Waals surface area contributed by atoms with Gasteiger partial charge in [0, 0.05) is 25.1 Å². The molecule has 5 nitrogen and oxygen atoms in total. The van der Waals surface area contributed by atoms with Crippen LogP contribution in [0.5, 0.6) is 0 Å². The van der Waals surface area contributed by atoms with Crippen LogP contribution < -0.4 is 5.32 Å². The molecule has 0 spiro atoms. The van der Waals surface area contributed by atoms with Crippen LogP contribution in [0.15, 0.2) is 48.0 Å². The van der Waals surface area contributed by atoms with Crippen LogP contribution in [0, 0.1) is 5.82 Å². The third-order valence-corrected chi connectivity index (χ3v) is 5.54. The summed E-state index contributed by atoms with van der Waals surface area (Å²) in [5.41, 5.74) is 4.08. The smallest absolute Gasteiger partial charge is 0.251 e. The first-order valence-electron chi connectivity index (χ1n) is 8.75. The Balaban J connectivity index is 1.34. The Morgan fingerprint density at radius 1 is 1.26 bits per heavy atom. The summed E-state index contributed by atoms with van der Waals surface area (Å²) in [5.74, 6) is -0.435. The number of rotatable bonds is 5. The minimum atomic E-state index is -0.269. The summed E-state index contributed by atoms with van der Waals surface area (Å²) in [6, 6.07) is 11.5. The fourth-order valence-corrected chi connectivity index (χ4v) is 3.93. The van der Waals surface area contributed by atoms with Gasteiger partial charge in [0.05, 0.1) is 21.8 Å². The highest BCUT2D eigenvalue weighted by atomic mass is 32.1. The van der Waals surface area contributed by atoms with E-state index < -0.39 is 0 Å². The van der Waals surface area contributed by atoms with Crippen molar-refractivity contribution in [2.45, 2.75) is 18.9 Å². The molecule has 3 aromatic rings. The number of halogens is 1. The second kappa shape index (κ2) is 7.44. The lowest BCUT2D eigenvalue weighted by Gasteiger charge is -2.17.